The van der Waals surface area contributed by atoms with Gasteiger partial charge in [0.05, 0.1) is 11.7 Å². The van der Waals surface area contributed by atoms with E-state index in [2.05, 4.69) is 0 Å². The number of aliphatic carboxylic acids is 1. The van der Waals surface area contributed by atoms with Crippen LogP contribution in [0.5, 0.6) is 0 Å². The summed E-state index contributed by atoms with van der Waals surface area (Å²) in [7, 11) is 0. The predicted octanol–water partition coefficient (Wildman–Crippen LogP) is -0.273. The summed E-state index contributed by atoms with van der Waals surface area (Å²) in [5.74, 6) is -1.11. The number of nitrogens with two attached hydrogens (primary N) is 1. The van der Waals surface area contributed by atoms with Crippen molar-refractivity contribution in [3.63, 3.8) is 0 Å². The molecule has 0 rings (SSSR count). The third-order valence-corrected chi connectivity index (χ3v) is 1.33. The Hall–Kier alpha value is -0.870. The second-order valence-corrected chi connectivity index (χ2v) is 2.12. The van der Waals surface area contributed by atoms with E-state index in [0.717, 1.165) is 0 Å². The van der Waals surface area contributed by atoms with Crippen LogP contribution in [0, 0.1) is 0 Å². The average Bonchev–Trinajstić information content (AvgIpc) is 1.98. The number of carboxylic acid groups (broad SMARTS) is 1. The fourth-order valence-corrected chi connectivity index (χ4v) is 0.713. The second-order valence-electron chi connectivity index (χ2n) is 2.12. The number of aliphatic hydroxyl groups is 1. The summed E-state index contributed by atoms with van der Waals surface area (Å²) in [6.07, 6.45) is 0.797. The van der Waals surface area contributed by atoms with Crippen LogP contribution < -0.4 is 5.73 Å². The molecule has 0 radical (unpaired) electrons. The van der Waals surface area contributed by atoms with Crippen molar-refractivity contribution in [1.29, 1.82) is 0 Å². The van der Waals surface area contributed by atoms with Crippen molar-refractivity contribution in [1.82, 2.24) is 0 Å². The summed E-state index contributed by atoms with van der Waals surface area (Å²) in [6.45, 7) is 1.84. The van der Waals surface area contributed by atoms with Crippen LogP contribution in [0.4, 0.5) is 0 Å². The number of aliphatic hydroxyl groups excluding tert-OH is 1. The Morgan fingerprint density at radius 3 is 2.55 bits per heavy atom. The van der Waals surface area contributed by atoms with Crippen LogP contribution in [-0.2, 0) is 4.79 Å². The molecule has 0 heterocycles. The molecular formula is C7H13NO3. The largest absolute Gasteiger partial charge is 0.478 e. The van der Waals surface area contributed by atoms with E-state index in [9.17, 15) is 4.79 Å². The van der Waals surface area contributed by atoms with E-state index in [0.29, 0.717) is 6.42 Å². The van der Waals surface area contributed by atoms with Gasteiger partial charge >= 0.3 is 5.97 Å². The van der Waals surface area contributed by atoms with Crippen molar-refractivity contribution >= 4 is 5.97 Å². The number of hydrogen-bond acceptors (Lipinski definition) is 3. The van der Waals surface area contributed by atoms with E-state index in [-0.39, 0.29) is 12.1 Å². The van der Waals surface area contributed by atoms with E-state index in [1.165, 1.54) is 6.08 Å². The van der Waals surface area contributed by atoms with Crippen LogP contribution in [0.1, 0.15) is 13.3 Å². The van der Waals surface area contributed by atoms with E-state index in [1.54, 1.807) is 6.92 Å². The average molecular weight is 159 g/mol. The van der Waals surface area contributed by atoms with Gasteiger partial charge in [-0.3, -0.25) is 0 Å². The topological polar surface area (TPSA) is 83.5 Å². The number of rotatable bonds is 4. The molecule has 0 aromatic rings. The highest BCUT2D eigenvalue weighted by atomic mass is 16.4. The highest BCUT2D eigenvalue weighted by Gasteiger charge is 2.14. The van der Waals surface area contributed by atoms with Crippen molar-refractivity contribution in [2.24, 2.45) is 5.73 Å². The molecule has 0 saturated heterocycles. The van der Waals surface area contributed by atoms with Crippen molar-refractivity contribution < 1.29 is 15.0 Å². The number of hydrogen-bond donors (Lipinski definition) is 3. The highest BCUT2D eigenvalue weighted by molar-refractivity contribution is 5.87. The van der Waals surface area contributed by atoms with Crippen LogP contribution in [0.2, 0.25) is 0 Å². The van der Waals surface area contributed by atoms with Gasteiger partial charge in [0, 0.05) is 6.54 Å². The summed E-state index contributed by atoms with van der Waals surface area (Å²) >= 11 is 0. The van der Waals surface area contributed by atoms with Crippen molar-refractivity contribution in [3.8, 4) is 0 Å². The first-order valence-electron chi connectivity index (χ1n) is 3.45. The Bertz CT molecular complexity index is 165. The van der Waals surface area contributed by atoms with Gasteiger partial charge < -0.3 is 15.9 Å². The Morgan fingerprint density at radius 1 is 1.73 bits per heavy atom. The standard InChI is InChI=1S/C7H13NO3/c1-2-6(9)5(3-4-8)7(10)11/h3,6,9H,2,4,8H2,1H3,(H,10,11). The quantitative estimate of drug-likeness (QED) is 0.493. The third kappa shape index (κ3) is 3.15. The molecule has 0 spiro atoms. The van der Waals surface area contributed by atoms with Crippen molar-refractivity contribution in [2.75, 3.05) is 6.54 Å². The molecule has 0 amide bonds. The SMILES string of the molecule is CCC(O)C(=CCN)C(=O)O. The molecule has 11 heavy (non-hydrogen) atoms. The Labute approximate surface area is 65.3 Å². The number of carbonyl (C=O) groups is 1. The van der Waals surface area contributed by atoms with Crippen LogP contribution in [0.25, 0.3) is 0 Å². The van der Waals surface area contributed by atoms with Crippen LogP contribution in [-0.4, -0.2) is 28.8 Å². The molecule has 1 atom stereocenters. The highest BCUT2D eigenvalue weighted by Crippen LogP contribution is 2.05. The van der Waals surface area contributed by atoms with Crippen LogP contribution >= 0.6 is 0 Å². The van der Waals surface area contributed by atoms with Gasteiger partial charge in [-0.2, -0.15) is 0 Å². The Morgan fingerprint density at radius 2 is 2.27 bits per heavy atom. The first-order chi connectivity index (χ1) is 5.13. The molecule has 0 aliphatic heterocycles. The molecule has 0 bridgehead atoms. The van der Waals surface area contributed by atoms with Crippen molar-refractivity contribution in [2.45, 2.75) is 19.4 Å². The van der Waals surface area contributed by atoms with E-state index in [1.807, 2.05) is 0 Å². The number of carboxylic acids is 1. The zero-order valence-electron chi connectivity index (χ0n) is 6.45. The van der Waals surface area contributed by atoms with Gasteiger partial charge in [0.2, 0.25) is 0 Å². The lowest BCUT2D eigenvalue weighted by Gasteiger charge is -2.07. The van der Waals surface area contributed by atoms with Gasteiger partial charge in [0.1, 0.15) is 0 Å². The van der Waals surface area contributed by atoms with Gasteiger partial charge in [-0.15, -0.1) is 0 Å². The first kappa shape index (κ1) is 10.1. The summed E-state index contributed by atoms with van der Waals surface area (Å²) < 4.78 is 0. The smallest absolute Gasteiger partial charge is 0.333 e. The second kappa shape index (κ2) is 4.87. The molecule has 0 aromatic heterocycles. The molecule has 0 fully saturated rings. The maximum Gasteiger partial charge on any atom is 0.333 e. The maximum absolute atomic E-state index is 10.4. The maximum atomic E-state index is 10.4. The van der Waals surface area contributed by atoms with Crippen molar-refractivity contribution in [3.05, 3.63) is 11.6 Å². The molecule has 0 saturated carbocycles. The van der Waals surface area contributed by atoms with E-state index < -0.39 is 12.1 Å². The first-order valence-corrected chi connectivity index (χ1v) is 3.45. The zero-order chi connectivity index (χ0) is 8.85. The molecule has 0 aromatic carbocycles. The van der Waals surface area contributed by atoms with Gasteiger partial charge in [-0.25, -0.2) is 4.79 Å². The van der Waals surface area contributed by atoms with E-state index >= 15 is 0 Å². The molecule has 1 unspecified atom stereocenters. The molecule has 4 heteroatoms. The molecular weight excluding hydrogens is 146 g/mol. The lowest BCUT2D eigenvalue weighted by Crippen LogP contribution is -2.18. The monoisotopic (exact) mass is 159 g/mol. The zero-order valence-corrected chi connectivity index (χ0v) is 6.45. The molecule has 0 aliphatic carbocycles. The van der Waals surface area contributed by atoms with Gasteiger partial charge in [0.25, 0.3) is 0 Å². The van der Waals surface area contributed by atoms with Gasteiger partial charge in [-0.05, 0) is 6.42 Å². The predicted molar refractivity (Wildman–Crippen MR) is 41.1 cm³/mol. The Balaban J connectivity index is 4.34. The summed E-state index contributed by atoms with van der Waals surface area (Å²) in [6, 6.07) is 0. The minimum Gasteiger partial charge on any atom is -0.478 e. The van der Waals surface area contributed by atoms with Gasteiger partial charge in [-0.1, -0.05) is 13.0 Å². The minimum atomic E-state index is -1.11. The summed E-state index contributed by atoms with van der Waals surface area (Å²) in [5, 5.41) is 17.6. The van der Waals surface area contributed by atoms with Crippen LogP contribution in [0.3, 0.4) is 0 Å². The van der Waals surface area contributed by atoms with Crippen LogP contribution in [0.15, 0.2) is 11.6 Å². The lowest BCUT2D eigenvalue weighted by molar-refractivity contribution is -0.133. The van der Waals surface area contributed by atoms with E-state index in [4.69, 9.17) is 15.9 Å². The molecule has 4 nitrogen and oxygen atoms in total. The molecule has 64 valence electrons. The fourth-order valence-electron chi connectivity index (χ4n) is 0.713. The summed E-state index contributed by atoms with van der Waals surface area (Å²) in [5.41, 5.74) is 5.09. The minimum absolute atomic E-state index is 0.0185. The molecule has 4 N–H and O–H groups in total. The lowest BCUT2D eigenvalue weighted by atomic mass is 10.1. The molecule has 0 aliphatic rings. The third-order valence-electron chi connectivity index (χ3n) is 1.33. The fraction of sp³-hybridized carbons (Fsp3) is 0.571. The van der Waals surface area contributed by atoms with Gasteiger partial charge in [0.15, 0.2) is 0 Å². The Kier molecular flexibility index (Phi) is 4.49. The summed E-state index contributed by atoms with van der Waals surface area (Å²) in [4.78, 5) is 10.4. The normalized spacial score (nSPS) is 14.6.